The zero-order chi connectivity index (χ0) is 24.0. The molecule has 0 saturated heterocycles. The van der Waals surface area contributed by atoms with Crippen LogP contribution in [0.3, 0.4) is 0 Å². The fraction of sp³-hybridized carbons (Fsp3) is 0.679. The number of hydrogen-bond acceptors (Lipinski definition) is 1. The molecule has 0 aliphatic carbocycles. The summed E-state index contributed by atoms with van der Waals surface area (Å²) in [5, 5.41) is 4.52. The molecule has 0 bridgehead atoms. The normalized spacial score (nSPS) is 12.0. The molecule has 3 heteroatoms. The fourth-order valence-corrected chi connectivity index (χ4v) is 2.89. The number of unbranched alkanes of at least 4 members (excludes halogenated alkanes) is 2. The van der Waals surface area contributed by atoms with Gasteiger partial charge in [-0.05, 0) is 56.4 Å². The van der Waals surface area contributed by atoms with E-state index in [9.17, 15) is 4.39 Å². The third-order valence-electron chi connectivity index (χ3n) is 5.50. The minimum absolute atomic E-state index is 0.401. The van der Waals surface area contributed by atoms with Crippen LogP contribution in [-0.2, 0) is 5.67 Å². The van der Waals surface area contributed by atoms with Crippen LogP contribution in [0.5, 0.6) is 0 Å². The average Bonchev–Trinajstić information content (AvgIpc) is 3.14. The largest absolute Gasteiger partial charge is 0.239 e. The van der Waals surface area contributed by atoms with E-state index in [2.05, 4.69) is 59.6 Å². The molecule has 0 aliphatic heterocycles. The summed E-state index contributed by atoms with van der Waals surface area (Å²) in [6, 6.07) is 9.61. The van der Waals surface area contributed by atoms with Crippen LogP contribution in [-0.4, -0.2) is 9.78 Å². The highest BCUT2D eigenvalue weighted by atomic mass is 19.1. The first-order chi connectivity index (χ1) is 14.5. The highest BCUT2D eigenvalue weighted by molar-refractivity contribution is 5.38. The van der Waals surface area contributed by atoms with Gasteiger partial charge in [0, 0.05) is 5.69 Å². The molecule has 2 rings (SSSR count). The van der Waals surface area contributed by atoms with E-state index < -0.39 is 5.67 Å². The van der Waals surface area contributed by atoms with Crippen molar-refractivity contribution < 1.29 is 4.39 Å². The summed E-state index contributed by atoms with van der Waals surface area (Å²) < 4.78 is 15.8. The van der Waals surface area contributed by atoms with Gasteiger partial charge in [-0.15, -0.1) is 0 Å². The molecule has 1 heterocycles. The Bertz CT molecular complexity index is 691. The lowest BCUT2D eigenvalue weighted by Gasteiger charge is -2.16. The maximum atomic E-state index is 13.8. The van der Waals surface area contributed by atoms with Crippen LogP contribution >= 0.6 is 0 Å². The van der Waals surface area contributed by atoms with Crippen molar-refractivity contribution in [1.29, 1.82) is 0 Å². The van der Waals surface area contributed by atoms with E-state index in [0.717, 1.165) is 17.3 Å². The smallest absolute Gasteiger partial charge is 0.130 e. The van der Waals surface area contributed by atoms with E-state index in [4.69, 9.17) is 0 Å². The molecule has 0 saturated carbocycles. The van der Waals surface area contributed by atoms with Gasteiger partial charge in [0.25, 0.3) is 0 Å². The van der Waals surface area contributed by atoms with Gasteiger partial charge >= 0.3 is 0 Å². The molecule has 0 spiro atoms. The zero-order valence-electron chi connectivity index (χ0n) is 22.1. The Hall–Kier alpha value is -1.64. The number of halogens is 1. The zero-order valence-corrected chi connectivity index (χ0v) is 22.1. The van der Waals surface area contributed by atoms with Gasteiger partial charge in [0.1, 0.15) is 5.67 Å². The van der Waals surface area contributed by atoms with Crippen LogP contribution in [0.4, 0.5) is 4.39 Å². The van der Waals surface area contributed by atoms with Gasteiger partial charge < -0.3 is 0 Å². The van der Waals surface area contributed by atoms with E-state index in [-0.39, 0.29) is 0 Å². The minimum atomic E-state index is -1.31. The van der Waals surface area contributed by atoms with E-state index in [1.165, 1.54) is 44.2 Å². The lowest BCUT2D eigenvalue weighted by Crippen LogP contribution is -2.09. The van der Waals surface area contributed by atoms with Gasteiger partial charge in [0.15, 0.2) is 0 Å². The SMILES string of the molecule is CCCC.CCCCC(C)CC.Cc1cc(C(C)C)n(-c2ccc(C(C)(C)F)cc2)n1. The van der Waals surface area contributed by atoms with Crippen LogP contribution in [0.25, 0.3) is 5.69 Å². The van der Waals surface area contributed by atoms with Crippen molar-refractivity contribution in [1.82, 2.24) is 9.78 Å². The fourth-order valence-electron chi connectivity index (χ4n) is 2.89. The van der Waals surface area contributed by atoms with Crippen molar-refractivity contribution in [2.75, 3.05) is 0 Å². The molecule has 0 N–H and O–H groups in total. The Morgan fingerprint density at radius 3 is 1.87 bits per heavy atom. The Kier molecular flexibility index (Phi) is 14.4. The summed E-state index contributed by atoms with van der Waals surface area (Å²) in [7, 11) is 0. The number of aryl methyl sites for hydroxylation is 1. The van der Waals surface area contributed by atoms with Crippen molar-refractivity contribution >= 4 is 0 Å². The number of hydrogen-bond donors (Lipinski definition) is 0. The number of alkyl halides is 1. The van der Waals surface area contributed by atoms with Gasteiger partial charge in [0.05, 0.1) is 11.4 Å². The van der Waals surface area contributed by atoms with Crippen molar-refractivity contribution in [3.05, 3.63) is 47.3 Å². The molecule has 1 aromatic heterocycles. The van der Waals surface area contributed by atoms with E-state index in [1.54, 1.807) is 13.8 Å². The molecule has 1 aromatic carbocycles. The molecular formula is C28H49FN2. The maximum Gasteiger partial charge on any atom is 0.130 e. The monoisotopic (exact) mass is 432 g/mol. The van der Waals surface area contributed by atoms with Gasteiger partial charge in [-0.3, -0.25) is 0 Å². The van der Waals surface area contributed by atoms with Gasteiger partial charge in [0.2, 0.25) is 0 Å². The number of rotatable bonds is 8. The second kappa shape index (κ2) is 15.2. The summed E-state index contributed by atoms with van der Waals surface area (Å²) in [4.78, 5) is 0. The number of aromatic nitrogens is 2. The van der Waals surface area contributed by atoms with Crippen molar-refractivity contribution in [2.45, 2.75) is 119 Å². The van der Waals surface area contributed by atoms with Crippen LogP contribution in [0.1, 0.15) is 124 Å². The first-order valence-corrected chi connectivity index (χ1v) is 12.4. The summed E-state index contributed by atoms with van der Waals surface area (Å²) in [6.07, 6.45) is 8.17. The molecule has 2 aromatic rings. The summed E-state index contributed by atoms with van der Waals surface area (Å²) in [5.74, 6) is 1.36. The predicted octanol–water partition coefficient (Wildman–Crippen LogP) is 9.54. The molecule has 0 aliphatic rings. The van der Waals surface area contributed by atoms with Crippen LogP contribution in [0.15, 0.2) is 30.3 Å². The van der Waals surface area contributed by atoms with E-state index in [1.807, 2.05) is 35.9 Å². The molecular weight excluding hydrogens is 383 g/mol. The van der Waals surface area contributed by atoms with Gasteiger partial charge in [-0.2, -0.15) is 5.10 Å². The van der Waals surface area contributed by atoms with Crippen LogP contribution in [0.2, 0.25) is 0 Å². The van der Waals surface area contributed by atoms with Crippen LogP contribution in [0, 0.1) is 12.8 Å². The van der Waals surface area contributed by atoms with Crippen LogP contribution < -0.4 is 0 Å². The number of nitrogens with zero attached hydrogens (tertiary/aromatic N) is 2. The molecule has 0 amide bonds. The third-order valence-corrected chi connectivity index (χ3v) is 5.50. The van der Waals surface area contributed by atoms with Crippen molar-refractivity contribution in [3.63, 3.8) is 0 Å². The van der Waals surface area contributed by atoms with Gasteiger partial charge in [-0.25, -0.2) is 9.07 Å². The summed E-state index contributed by atoms with van der Waals surface area (Å²) in [5.41, 5.74) is 2.53. The molecule has 0 fully saturated rings. The standard InChI is InChI=1S/C16H21FN2.C8H18.C4H10/c1-11(2)15-10-12(3)18-19(15)14-8-6-13(7-9-14)16(4,5)17;1-4-6-7-8(3)5-2;1-3-4-2/h6-11H,1-5H3;8H,4-7H2,1-3H3;3-4H2,1-2H3. The summed E-state index contributed by atoms with van der Waals surface area (Å²) >= 11 is 0. The van der Waals surface area contributed by atoms with Gasteiger partial charge in [-0.1, -0.05) is 99.1 Å². The molecule has 31 heavy (non-hydrogen) atoms. The Labute approximate surface area is 192 Å². The molecule has 2 nitrogen and oxygen atoms in total. The van der Waals surface area contributed by atoms with E-state index in [0.29, 0.717) is 11.5 Å². The quantitative estimate of drug-likeness (QED) is 0.406. The lowest BCUT2D eigenvalue weighted by atomic mass is 10.00. The first kappa shape index (κ1) is 29.4. The molecule has 178 valence electrons. The third kappa shape index (κ3) is 11.5. The van der Waals surface area contributed by atoms with E-state index >= 15 is 0 Å². The molecule has 0 radical (unpaired) electrons. The average molecular weight is 433 g/mol. The highest BCUT2D eigenvalue weighted by Gasteiger charge is 2.19. The topological polar surface area (TPSA) is 17.8 Å². The molecule has 1 unspecified atom stereocenters. The Balaban J connectivity index is 0.000000625. The lowest BCUT2D eigenvalue weighted by molar-refractivity contribution is 0.221. The highest BCUT2D eigenvalue weighted by Crippen LogP contribution is 2.26. The Morgan fingerprint density at radius 2 is 1.48 bits per heavy atom. The Morgan fingerprint density at radius 1 is 0.935 bits per heavy atom. The van der Waals surface area contributed by atoms with Crippen molar-refractivity contribution in [2.24, 2.45) is 5.92 Å². The number of benzene rings is 1. The van der Waals surface area contributed by atoms with Crippen molar-refractivity contribution in [3.8, 4) is 5.69 Å². The predicted molar refractivity (Wildman–Crippen MR) is 136 cm³/mol. The second-order valence-electron chi connectivity index (χ2n) is 9.45. The second-order valence-corrected chi connectivity index (χ2v) is 9.45. The minimum Gasteiger partial charge on any atom is -0.239 e. The molecule has 1 atom stereocenters. The first-order valence-electron chi connectivity index (χ1n) is 12.4. The maximum absolute atomic E-state index is 13.8. The summed E-state index contributed by atoms with van der Waals surface area (Å²) in [6.45, 7) is 20.6.